The first-order valence-corrected chi connectivity index (χ1v) is 5.59. The molecule has 0 unspecified atom stereocenters. The summed E-state index contributed by atoms with van der Waals surface area (Å²) in [5.41, 5.74) is 8.45. The van der Waals surface area contributed by atoms with E-state index in [-0.39, 0.29) is 6.61 Å². The van der Waals surface area contributed by atoms with E-state index in [4.69, 9.17) is 15.3 Å². The van der Waals surface area contributed by atoms with Crippen LogP contribution in [0.4, 0.5) is 11.4 Å². The molecule has 90 valence electrons. The van der Waals surface area contributed by atoms with E-state index in [1.807, 2.05) is 30.3 Å². The van der Waals surface area contributed by atoms with Crippen LogP contribution in [-0.4, -0.2) is 18.3 Å². The Bertz CT molecular complexity index is 466. The number of hydrogen-bond acceptors (Lipinski definition) is 4. The summed E-state index contributed by atoms with van der Waals surface area (Å²) in [6.45, 7) is 0.922. The Morgan fingerprint density at radius 2 is 2.18 bits per heavy atom. The van der Waals surface area contributed by atoms with Crippen LogP contribution in [0.25, 0.3) is 11.3 Å². The molecule has 4 N–H and O–H groups in total. The zero-order valence-corrected chi connectivity index (χ0v) is 9.52. The van der Waals surface area contributed by atoms with Crippen molar-refractivity contribution in [1.29, 1.82) is 0 Å². The molecule has 17 heavy (non-hydrogen) atoms. The standard InChI is InChI=1S/C13H16N2O2/c14-12-5-4-10(15-6-2-7-16)9-11(12)13-3-1-8-17-13/h1,3-5,8-9,15-16H,2,6-7,14H2. The minimum atomic E-state index is 0.188. The number of rotatable bonds is 5. The van der Waals surface area contributed by atoms with Crippen LogP contribution in [0.3, 0.4) is 0 Å². The first-order valence-electron chi connectivity index (χ1n) is 5.59. The average molecular weight is 232 g/mol. The van der Waals surface area contributed by atoms with Gasteiger partial charge in [-0.05, 0) is 36.8 Å². The van der Waals surface area contributed by atoms with Gasteiger partial charge in [0.15, 0.2) is 0 Å². The lowest BCUT2D eigenvalue weighted by molar-refractivity contribution is 0.292. The molecule has 0 saturated carbocycles. The van der Waals surface area contributed by atoms with Crippen LogP contribution in [0.15, 0.2) is 41.0 Å². The van der Waals surface area contributed by atoms with E-state index in [1.165, 1.54) is 0 Å². The molecule has 1 heterocycles. The summed E-state index contributed by atoms with van der Waals surface area (Å²) in [6.07, 6.45) is 2.35. The van der Waals surface area contributed by atoms with Crippen molar-refractivity contribution in [2.75, 3.05) is 24.2 Å². The first kappa shape index (κ1) is 11.5. The smallest absolute Gasteiger partial charge is 0.135 e. The van der Waals surface area contributed by atoms with Gasteiger partial charge in [-0.15, -0.1) is 0 Å². The molecule has 4 heteroatoms. The van der Waals surface area contributed by atoms with Crippen molar-refractivity contribution < 1.29 is 9.52 Å². The second-order valence-corrected chi connectivity index (χ2v) is 3.78. The maximum atomic E-state index is 8.72. The van der Waals surface area contributed by atoms with Crippen molar-refractivity contribution >= 4 is 11.4 Å². The molecule has 2 aromatic rings. The van der Waals surface area contributed by atoms with Crippen LogP contribution in [0.2, 0.25) is 0 Å². The lowest BCUT2D eigenvalue weighted by Crippen LogP contribution is -2.03. The summed E-state index contributed by atoms with van der Waals surface area (Å²) >= 11 is 0. The molecular weight excluding hydrogens is 216 g/mol. The van der Waals surface area contributed by atoms with E-state index < -0.39 is 0 Å². The Labute approximate surface area is 100 Å². The van der Waals surface area contributed by atoms with Crippen LogP contribution in [0.1, 0.15) is 6.42 Å². The second-order valence-electron chi connectivity index (χ2n) is 3.78. The Morgan fingerprint density at radius 3 is 2.88 bits per heavy atom. The van der Waals surface area contributed by atoms with Crippen LogP contribution >= 0.6 is 0 Å². The highest BCUT2D eigenvalue weighted by Gasteiger charge is 2.06. The van der Waals surface area contributed by atoms with Crippen LogP contribution in [0, 0.1) is 0 Å². The van der Waals surface area contributed by atoms with Gasteiger partial charge in [-0.25, -0.2) is 0 Å². The largest absolute Gasteiger partial charge is 0.464 e. The van der Waals surface area contributed by atoms with Crippen molar-refractivity contribution in [2.45, 2.75) is 6.42 Å². The SMILES string of the molecule is Nc1ccc(NCCCO)cc1-c1ccco1. The molecular formula is C13H16N2O2. The highest BCUT2D eigenvalue weighted by molar-refractivity contribution is 5.76. The summed E-state index contributed by atoms with van der Waals surface area (Å²) in [7, 11) is 0. The third kappa shape index (κ3) is 2.79. The topological polar surface area (TPSA) is 71.4 Å². The summed E-state index contributed by atoms with van der Waals surface area (Å²) < 4.78 is 5.33. The molecule has 1 aromatic heterocycles. The van der Waals surface area contributed by atoms with Gasteiger partial charge in [0.2, 0.25) is 0 Å². The fourth-order valence-corrected chi connectivity index (χ4v) is 1.62. The van der Waals surface area contributed by atoms with E-state index in [1.54, 1.807) is 6.26 Å². The fraction of sp³-hybridized carbons (Fsp3) is 0.231. The van der Waals surface area contributed by atoms with Gasteiger partial charge in [0.1, 0.15) is 5.76 Å². The molecule has 0 aliphatic rings. The summed E-state index contributed by atoms with van der Waals surface area (Å²) in [5, 5.41) is 11.9. The van der Waals surface area contributed by atoms with Crippen molar-refractivity contribution in [3.05, 3.63) is 36.6 Å². The third-order valence-electron chi connectivity index (χ3n) is 2.50. The monoisotopic (exact) mass is 232 g/mol. The number of aliphatic hydroxyl groups excluding tert-OH is 1. The third-order valence-corrected chi connectivity index (χ3v) is 2.50. The quantitative estimate of drug-likeness (QED) is 0.546. The van der Waals surface area contributed by atoms with E-state index in [0.717, 1.165) is 30.0 Å². The fourth-order valence-electron chi connectivity index (χ4n) is 1.62. The molecule has 0 radical (unpaired) electrons. The molecule has 2 rings (SSSR count). The van der Waals surface area contributed by atoms with Crippen molar-refractivity contribution in [3.8, 4) is 11.3 Å². The number of nitrogens with two attached hydrogens (primary N) is 1. The number of nitrogens with one attached hydrogen (secondary N) is 1. The Kier molecular flexibility index (Phi) is 3.67. The van der Waals surface area contributed by atoms with Gasteiger partial charge in [0, 0.05) is 30.1 Å². The maximum Gasteiger partial charge on any atom is 0.135 e. The molecule has 0 aliphatic heterocycles. The number of anilines is 2. The Balaban J connectivity index is 2.18. The Morgan fingerprint density at radius 1 is 1.29 bits per heavy atom. The van der Waals surface area contributed by atoms with E-state index in [2.05, 4.69) is 5.32 Å². The molecule has 0 atom stereocenters. The highest BCUT2D eigenvalue weighted by Crippen LogP contribution is 2.29. The zero-order chi connectivity index (χ0) is 12.1. The van der Waals surface area contributed by atoms with Gasteiger partial charge in [-0.2, -0.15) is 0 Å². The van der Waals surface area contributed by atoms with Gasteiger partial charge in [0.25, 0.3) is 0 Å². The maximum absolute atomic E-state index is 8.72. The lowest BCUT2D eigenvalue weighted by Gasteiger charge is -2.08. The van der Waals surface area contributed by atoms with Crippen LogP contribution in [0.5, 0.6) is 0 Å². The molecule has 4 nitrogen and oxygen atoms in total. The highest BCUT2D eigenvalue weighted by atomic mass is 16.3. The normalized spacial score (nSPS) is 10.4. The van der Waals surface area contributed by atoms with Gasteiger partial charge < -0.3 is 20.6 Å². The molecule has 0 fully saturated rings. The summed E-state index contributed by atoms with van der Waals surface area (Å²) in [4.78, 5) is 0. The second kappa shape index (κ2) is 5.41. The molecule has 0 saturated heterocycles. The Hall–Kier alpha value is -1.94. The van der Waals surface area contributed by atoms with Crippen LogP contribution < -0.4 is 11.1 Å². The summed E-state index contributed by atoms with van der Waals surface area (Å²) in [5.74, 6) is 0.758. The molecule has 0 aliphatic carbocycles. The predicted molar refractivity (Wildman–Crippen MR) is 68.7 cm³/mol. The number of nitrogen functional groups attached to an aromatic ring is 1. The van der Waals surface area contributed by atoms with Gasteiger partial charge in [-0.3, -0.25) is 0 Å². The predicted octanol–water partition coefficient (Wildman–Crippen LogP) is 2.32. The molecule has 1 aromatic carbocycles. The van der Waals surface area contributed by atoms with Crippen molar-refractivity contribution in [3.63, 3.8) is 0 Å². The van der Waals surface area contributed by atoms with E-state index in [0.29, 0.717) is 5.69 Å². The number of hydrogen-bond donors (Lipinski definition) is 3. The van der Waals surface area contributed by atoms with Gasteiger partial charge in [0.05, 0.1) is 6.26 Å². The van der Waals surface area contributed by atoms with Crippen molar-refractivity contribution in [2.24, 2.45) is 0 Å². The minimum absolute atomic E-state index is 0.188. The summed E-state index contributed by atoms with van der Waals surface area (Å²) in [6, 6.07) is 9.42. The van der Waals surface area contributed by atoms with E-state index in [9.17, 15) is 0 Å². The molecule has 0 amide bonds. The van der Waals surface area contributed by atoms with Gasteiger partial charge in [-0.1, -0.05) is 0 Å². The first-order chi connectivity index (χ1) is 8.31. The average Bonchev–Trinajstić information content (AvgIpc) is 2.85. The number of benzene rings is 1. The molecule has 0 bridgehead atoms. The number of furan rings is 1. The molecule has 0 spiro atoms. The number of aliphatic hydroxyl groups is 1. The lowest BCUT2D eigenvalue weighted by atomic mass is 10.1. The van der Waals surface area contributed by atoms with Crippen LogP contribution in [-0.2, 0) is 0 Å². The zero-order valence-electron chi connectivity index (χ0n) is 9.52. The minimum Gasteiger partial charge on any atom is -0.464 e. The van der Waals surface area contributed by atoms with E-state index >= 15 is 0 Å². The van der Waals surface area contributed by atoms with Crippen molar-refractivity contribution in [1.82, 2.24) is 0 Å². The van der Waals surface area contributed by atoms with Gasteiger partial charge >= 0.3 is 0 Å².